The van der Waals surface area contributed by atoms with Gasteiger partial charge in [0.25, 0.3) is 0 Å². The Balaban J connectivity index is 1.80. The molecule has 0 saturated carbocycles. The van der Waals surface area contributed by atoms with Crippen molar-refractivity contribution >= 4 is 9.84 Å². The van der Waals surface area contributed by atoms with Crippen LogP contribution in [0.5, 0.6) is 5.75 Å². The zero-order valence-corrected chi connectivity index (χ0v) is 12.0. The summed E-state index contributed by atoms with van der Waals surface area (Å²) in [5.41, 5.74) is 8.40. The fourth-order valence-corrected chi connectivity index (χ4v) is 4.63. The molecular weight excluding hydrogens is 278 g/mol. The molecule has 1 fully saturated rings. The van der Waals surface area contributed by atoms with E-state index in [1.807, 2.05) is 18.2 Å². The number of aliphatic hydroxyl groups excluding tert-OH is 1. The van der Waals surface area contributed by atoms with Crippen LogP contribution in [-0.2, 0) is 16.3 Å². The van der Waals surface area contributed by atoms with E-state index < -0.39 is 22.0 Å². The number of benzene rings is 1. The average Bonchev–Trinajstić information content (AvgIpc) is 2.63. The summed E-state index contributed by atoms with van der Waals surface area (Å²) in [4.78, 5) is 0. The lowest BCUT2D eigenvalue weighted by atomic mass is 9.88. The van der Waals surface area contributed by atoms with Gasteiger partial charge in [-0.05, 0) is 42.5 Å². The standard InChI is InChI=1S/C14H19NO4S/c15-12-3-1-2-9-4-5-10(6-11(9)12)19-14-8-20(17,18)7-13(14)16/h4-6,12-14,16H,1-3,7-8,15H2/t12-,13?,14?/m1/s1. The largest absolute Gasteiger partial charge is 0.487 e. The van der Waals surface area contributed by atoms with Gasteiger partial charge in [-0.3, -0.25) is 0 Å². The molecule has 0 radical (unpaired) electrons. The lowest BCUT2D eigenvalue weighted by Gasteiger charge is -2.24. The molecule has 1 aromatic carbocycles. The number of sulfone groups is 1. The summed E-state index contributed by atoms with van der Waals surface area (Å²) in [6.07, 6.45) is 1.43. The van der Waals surface area contributed by atoms with Gasteiger partial charge in [0.2, 0.25) is 0 Å². The molecule has 2 aliphatic rings. The molecule has 0 spiro atoms. The summed E-state index contributed by atoms with van der Waals surface area (Å²) >= 11 is 0. The van der Waals surface area contributed by atoms with Gasteiger partial charge >= 0.3 is 0 Å². The van der Waals surface area contributed by atoms with Crippen LogP contribution >= 0.6 is 0 Å². The first-order valence-corrected chi connectivity index (χ1v) is 8.70. The van der Waals surface area contributed by atoms with E-state index in [1.165, 1.54) is 5.56 Å². The Morgan fingerprint density at radius 3 is 2.80 bits per heavy atom. The number of hydrogen-bond acceptors (Lipinski definition) is 5. The smallest absolute Gasteiger partial charge is 0.156 e. The van der Waals surface area contributed by atoms with Crippen molar-refractivity contribution in [1.82, 2.24) is 0 Å². The summed E-state index contributed by atoms with van der Waals surface area (Å²) in [6.45, 7) is 0. The molecular formula is C14H19NO4S. The second-order valence-corrected chi connectivity index (χ2v) is 7.81. The van der Waals surface area contributed by atoms with Crippen LogP contribution in [0.15, 0.2) is 18.2 Å². The molecule has 110 valence electrons. The first-order chi connectivity index (χ1) is 9.44. The summed E-state index contributed by atoms with van der Waals surface area (Å²) in [6, 6.07) is 5.71. The SMILES string of the molecule is N[C@@H]1CCCc2ccc(OC3CS(=O)(=O)CC3O)cc21. The summed E-state index contributed by atoms with van der Waals surface area (Å²) in [5.74, 6) is 0.238. The minimum Gasteiger partial charge on any atom is -0.487 e. The number of hydrogen-bond donors (Lipinski definition) is 2. The van der Waals surface area contributed by atoms with E-state index in [4.69, 9.17) is 10.5 Å². The Morgan fingerprint density at radius 2 is 2.10 bits per heavy atom. The predicted molar refractivity (Wildman–Crippen MR) is 75.4 cm³/mol. The molecule has 3 N–H and O–H groups in total. The fraction of sp³-hybridized carbons (Fsp3) is 0.571. The van der Waals surface area contributed by atoms with Gasteiger partial charge < -0.3 is 15.6 Å². The second-order valence-electron chi connectivity index (χ2n) is 5.66. The quantitative estimate of drug-likeness (QED) is 0.832. The van der Waals surface area contributed by atoms with Crippen molar-refractivity contribution in [2.45, 2.75) is 37.5 Å². The van der Waals surface area contributed by atoms with Crippen LogP contribution in [0.2, 0.25) is 0 Å². The molecule has 5 nitrogen and oxygen atoms in total. The van der Waals surface area contributed by atoms with Gasteiger partial charge in [-0.1, -0.05) is 6.07 Å². The number of fused-ring (bicyclic) bond motifs is 1. The second kappa shape index (κ2) is 5.02. The number of aliphatic hydroxyl groups is 1. The molecule has 20 heavy (non-hydrogen) atoms. The first kappa shape index (κ1) is 13.9. The number of rotatable bonds is 2. The summed E-state index contributed by atoms with van der Waals surface area (Å²) in [7, 11) is -3.19. The lowest BCUT2D eigenvalue weighted by Crippen LogP contribution is -2.30. The van der Waals surface area contributed by atoms with E-state index in [9.17, 15) is 13.5 Å². The molecule has 0 aromatic heterocycles. The minimum absolute atomic E-state index is 0.0135. The highest BCUT2D eigenvalue weighted by molar-refractivity contribution is 7.91. The number of nitrogens with two attached hydrogens (primary N) is 1. The zero-order valence-electron chi connectivity index (χ0n) is 11.2. The number of aryl methyl sites for hydroxylation is 1. The average molecular weight is 297 g/mol. The topological polar surface area (TPSA) is 89.6 Å². The van der Waals surface area contributed by atoms with Crippen LogP contribution in [0, 0.1) is 0 Å². The number of ether oxygens (including phenoxy) is 1. The normalized spacial score (nSPS) is 31.8. The van der Waals surface area contributed by atoms with Crippen molar-refractivity contribution in [3.8, 4) is 5.75 Å². The van der Waals surface area contributed by atoms with Crippen molar-refractivity contribution < 1.29 is 18.3 Å². The van der Waals surface area contributed by atoms with E-state index in [0.717, 1.165) is 24.8 Å². The van der Waals surface area contributed by atoms with Crippen molar-refractivity contribution in [1.29, 1.82) is 0 Å². The van der Waals surface area contributed by atoms with E-state index >= 15 is 0 Å². The molecule has 1 aromatic rings. The molecule has 3 atom stereocenters. The highest BCUT2D eigenvalue weighted by Crippen LogP contribution is 2.31. The molecule has 0 bridgehead atoms. The van der Waals surface area contributed by atoms with Gasteiger partial charge in [0.15, 0.2) is 9.84 Å². The van der Waals surface area contributed by atoms with Gasteiger partial charge in [0.05, 0.1) is 11.5 Å². The van der Waals surface area contributed by atoms with Gasteiger partial charge in [-0.25, -0.2) is 8.42 Å². The molecule has 3 rings (SSSR count). The minimum atomic E-state index is -3.19. The molecule has 2 unspecified atom stereocenters. The maximum absolute atomic E-state index is 11.5. The van der Waals surface area contributed by atoms with E-state index in [-0.39, 0.29) is 17.5 Å². The maximum atomic E-state index is 11.5. The summed E-state index contributed by atoms with van der Waals surface area (Å²) < 4.78 is 28.6. The predicted octanol–water partition coefficient (Wildman–Crippen LogP) is 0.559. The third-order valence-electron chi connectivity index (χ3n) is 4.04. The van der Waals surface area contributed by atoms with E-state index in [0.29, 0.717) is 5.75 Å². The van der Waals surface area contributed by atoms with Crippen molar-refractivity contribution in [3.05, 3.63) is 29.3 Å². The highest BCUT2D eigenvalue weighted by atomic mass is 32.2. The maximum Gasteiger partial charge on any atom is 0.156 e. The van der Waals surface area contributed by atoms with Crippen molar-refractivity contribution in [3.63, 3.8) is 0 Å². The van der Waals surface area contributed by atoms with Crippen molar-refractivity contribution in [2.75, 3.05) is 11.5 Å². The van der Waals surface area contributed by atoms with E-state index in [1.54, 1.807) is 0 Å². The Bertz CT molecular complexity index is 614. The van der Waals surface area contributed by atoms with Crippen molar-refractivity contribution in [2.24, 2.45) is 5.73 Å². The third-order valence-corrected chi connectivity index (χ3v) is 5.72. The van der Waals surface area contributed by atoms with Crippen LogP contribution in [0.25, 0.3) is 0 Å². The van der Waals surface area contributed by atoms with Gasteiger partial charge in [-0.2, -0.15) is 0 Å². The Hall–Kier alpha value is -1.11. The molecule has 1 aliphatic carbocycles. The molecule has 6 heteroatoms. The molecule has 1 heterocycles. The molecule has 0 amide bonds. The summed E-state index contributed by atoms with van der Waals surface area (Å²) in [5, 5.41) is 9.75. The van der Waals surface area contributed by atoms with Crippen LogP contribution in [-0.4, -0.2) is 37.2 Å². The van der Waals surface area contributed by atoms with Gasteiger partial charge in [-0.15, -0.1) is 0 Å². The highest BCUT2D eigenvalue weighted by Gasteiger charge is 2.38. The monoisotopic (exact) mass is 297 g/mol. The zero-order chi connectivity index (χ0) is 14.3. The molecule has 1 saturated heterocycles. The lowest BCUT2D eigenvalue weighted by molar-refractivity contribution is 0.0737. The Labute approximate surface area is 118 Å². The Kier molecular flexibility index (Phi) is 3.48. The fourth-order valence-electron chi connectivity index (χ4n) is 2.97. The van der Waals surface area contributed by atoms with Crippen LogP contribution in [0.3, 0.4) is 0 Å². The van der Waals surface area contributed by atoms with Crippen LogP contribution in [0.1, 0.15) is 30.0 Å². The van der Waals surface area contributed by atoms with Crippen LogP contribution in [0.4, 0.5) is 0 Å². The van der Waals surface area contributed by atoms with Gasteiger partial charge in [0.1, 0.15) is 18.0 Å². The molecule has 1 aliphatic heterocycles. The van der Waals surface area contributed by atoms with Gasteiger partial charge in [0, 0.05) is 6.04 Å². The Morgan fingerprint density at radius 1 is 1.30 bits per heavy atom. The van der Waals surface area contributed by atoms with E-state index in [2.05, 4.69) is 0 Å². The third kappa shape index (κ3) is 2.68. The first-order valence-electron chi connectivity index (χ1n) is 6.88. The van der Waals surface area contributed by atoms with Crippen LogP contribution < -0.4 is 10.5 Å².